The van der Waals surface area contributed by atoms with Crippen LogP contribution in [-0.4, -0.2) is 49.1 Å². The van der Waals surface area contributed by atoms with Gasteiger partial charge in [0.1, 0.15) is 0 Å². The van der Waals surface area contributed by atoms with Gasteiger partial charge in [0.2, 0.25) is 0 Å². The van der Waals surface area contributed by atoms with Crippen molar-refractivity contribution in [1.29, 1.82) is 0 Å². The molecule has 0 spiro atoms. The molecule has 0 bridgehead atoms. The Hall–Kier alpha value is -0.900. The molecule has 0 aliphatic carbocycles. The highest BCUT2D eigenvalue weighted by atomic mass is 15.2. The molecule has 0 amide bonds. The van der Waals surface area contributed by atoms with E-state index >= 15 is 0 Å². The number of hydrogen-bond donors (Lipinski definition) is 1. The Balaban J connectivity index is 1.83. The Kier molecular flexibility index (Phi) is 6.51. The zero-order valence-electron chi connectivity index (χ0n) is 12.8. The van der Waals surface area contributed by atoms with Crippen LogP contribution in [-0.2, 0) is 6.54 Å². The minimum absolute atomic E-state index is 0.786. The highest BCUT2D eigenvalue weighted by Gasteiger charge is 2.21. The Labute approximate surface area is 123 Å². The summed E-state index contributed by atoms with van der Waals surface area (Å²) in [6.45, 7) is 9.99. The van der Waals surface area contributed by atoms with E-state index in [-0.39, 0.29) is 0 Å². The topological polar surface area (TPSA) is 32.5 Å². The van der Waals surface area contributed by atoms with Gasteiger partial charge in [0.05, 0.1) is 0 Å². The van der Waals surface area contributed by atoms with Crippen molar-refractivity contribution in [3.63, 3.8) is 0 Å². The summed E-state index contributed by atoms with van der Waals surface area (Å²) in [5, 5.41) is 0. The number of nitrogens with two attached hydrogens (primary N) is 1. The lowest BCUT2D eigenvalue weighted by molar-refractivity contribution is 0.134. The monoisotopic (exact) mass is 275 g/mol. The number of likely N-dealkylation sites (tertiary alicyclic amines) is 1. The third-order valence-corrected chi connectivity index (χ3v) is 4.26. The normalized spacial score (nSPS) is 20.4. The van der Waals surface area contributed by atoms with Crippen LogP contribution >= 0.6 is 0 Å². The standard InChI is InChI=1S/C17H29N3/c1-2-19(13-16-7-4-3-5-8-16)14-17-9-6-11-20(15-17)12-10-18/h3-5,7-8,17H,2,6,9-15,18H2,1H3/t17-/m0/s1. The Morgan fingerprint density at radius 3 is 2.80 bits per heavy atom. The first-order chi connectivity index (χ1) is 9.81. The largest absolute Gasteiger partial charge is 0.329 e. The summed E-state index contributed by atoms with van der Waals surface area (Å²) in [6.07, 6.45) is 2.69. The molecule has 1 aliphatic rings. The number of piperidine rings is 1. The molecule has 2 N–H and O–H groups in total. The zero-order valence-corrected chi connectivity index (χ0v) is 12.8. The lowest BCUT2D eigenvalue weighted by atomic mass is 9.97. The van der Waals surface area contributed by atoms with E-state index in [4.69, 9.17) is 5.73 Å². The van der Waals surface area contributed by atoms with Crippen molar-refractivity contribution in [1.82, 2.24) is 9.80 Å². The molecule has 1 aromatic carbocycles. The summed E-state index contributed by atoms with van der Waals surface area (Å²) >= 11 is 0. The quantitative estimate of drug-likeness (QED) is 0.828. The average molecular weight is 275 g/mol. The van der Waals surface area contributed by atoms with Crippen molar-refractivity contribution in [3.05, 3.63) is 35.9 Å². The van der Waals surface area contributed by atoms with Gasteiger partial charge in [0.25, 0.3) is 0 Å². The summed E-state index contributed by atoms with van der Waals surface area (Å²) in [6, 6.07) is 10.8. The van der Waals surface area contributed by atoms with Gasteiger partial charge in [-0.1, -0.05) is 37.3 Å². The van der Waals surface area contributed by atoms with Crippen LogP contribution in [0.3, 0.4) is 0 Å². The predicted octanol–water partition coefficient (Wildman–Crippen LogP) is 2.18. The number of nitrogens with zero attached hydrogens (tertiary/aromatic N) is 2. The fourth-order valence-electron chi connectivity index (χ4n) is 3.20. The summed E-state index contributed by atoms with van der Waals surface area (Å²) in [7, 11) is 0. The minimum Gasteiger partial charge on any atom is -0.329 e. The molecule has 1 saturated heterocycles. The third kappa shape index (κ3) is 4.89. The van der Waals surface area contributed by atoms with Crippen LogP contribution < -0.4 is 5.73 Å². The highest BCUT2D eigenvalue weighted by Crippen LogP contribution is 2.18. The van der Waals surface area contributed by atoms with E-state index in [1.807, 2.05) is 0 Å². The molecular formula is C17H29N3. The van der Waals surface area contributed by atoms with Crippen molar-refractivity contribution >= 4 is 0 Å². The fraction of sp³-hybridized carbons (Fsp3) is 0.647. The summed E-state index contributed by atoms with van der Waals surface area (Å²) in [4.78, 5) is 5.11. The molecule has 0 aromatic heterocycles. The molecule has 1 heterocycles. The summed E-state index contributed by atoms with van der Waals surface area (Å²) < 4.78 is 0. The van der Waals surface area contributed by atoms with Crippen LogP contribution in [0.15, 0.2) is 30.3 Å². The lowest BCUT2D eigenvalue weighted by Gasteiger charge is -2.35. The van der Waals surface area contributed by atoms with E-state index in [1.54, 1.807) is 0 Å². The lowest BCUT2D eigenvalue weighted by Crippen LogP contribution is -2.42. The average Bonchev–Trinajstić information content (AvgIpc) is 2.48. The Bertz CT molecular complexity index is 364. The van der Waals surface area contributed by atoms with Crippen molar-refractivity contribution < 1.29 is 0 Å². The van der Waals surface area contributed by atoms with Crippen molar-refractivity contribution in [2.45, 2.75) is 26.3 Å². The van der Waals surface area contributed by atoms with E-state index < -0.39 is 0 Å². The minimum atomic E-state index is 0.786. The second-order valence-electron chi connectivity index (χ2n) is 5.91. The smallest absolute Gasteiger partial charge is 0.0233 e. The van der Waals surface area contributed by atoms with E-state index in [0.717, 1.165) is 32.1 Å². The third-order valence-electron chi connectivity index (χ3n) is 4.26. The molecule has 3 nitrogen and oxygen atoms in total. The first-order valence-corrected chi connectivity index (χ1v) is 8.00. The van der Waals surface area contributed by atoms with Crippen molar-refractivity contribution in [2.75, 3.05) is 39.3 Å². The number of hydrogen-bond acceptors (Lipinski definition) is 3. The van der Waals surface area contributed by atoms with Gasteiger partial charge in [-0.3, -0.25) is 4.90 Å². The van der Waals surface area contributed by atoms with E-state index in [1.165, 1.54) is 38.0 Å². The molecule has 20 heavy (non-hydrogen) atoms. The van der Waals surface area contributed by atoms with E-state index in [2.05, 4.69) is 47.1 Å². The molecule has 1 aliphatic heterocycles. The maximum absolute atomic E-state index is 5.68. The second kappa shape index (κ2) is 8.40. The van der Waals surface area contributed by atoms with Crippen LogP contribution in [0.5, 0.6) is 0 Å². The first-order valence-electron chi connectivity index (χ1n) is 8.00. The second-order valence-corrected chi connectivity index (χ2v) is 5.91. The van der Waals surface area contributed by atoms with Gasteiger partial charge >= 0.3 is 0 Å². The molecule has 1 aromatic rings. The first kappa shape index (κ1) is 15.5. The molecule has 0 saturated carbocycles. The van der Waals surface area contributed by atoms with E-state index in [9.17, 15) is 0 Å². The Morgan fingerprint density at radius 1 is 1.30 bits per heavy atom. The number of rotatable bonds is 7. The van der Waals surface area contributed by atoms with Gasteiger partial charge in [0, 0.05) is 32.7 Å². The van der Waals surface area contributed by atoms with Crippen molar-refractivity contribution in [2.24, 2.45) is 11.7 Å². The molecule has 3 heteroatoms. The van der Waals surface area contributed by atoms with Crippen LogP contribution in [0.1, 0.15) is 25.3 Å². The van der Waals surface area contributed by atoms with Crippen molar-refractivity contribution in [3.8, 4) is 0 Å². The molecule has 2 rings (SSSR count). The van der Waals surface area contributed by atoms with Crippen LogP contribution in [0, 0.1) is 5.92 Å². The van der Waals surface area contributed by atoms with Gasteiger partial charge in [0.15, 0.2) is 0 Å². The SMILES string of the molecule is CCN(Cc1ccccc1)C[C@@H]1CCCN(CCN)C1. The van der Waals surface area contributed by atoms with Gasteiger partial charge < -0.3 is 10.6 Å². The Morgan fingerprint density at radius 2 is 2.10 bits per heavy atom. The summed E-state index contributed by atoms with van der Waals surface area (Å²) in [5.74, 6) is 0.805. The maximum atomic E-state index is 5.68. The van der Waals surface area contributed by atoms with E-state index in [0.29, 0.717) is 0 Å². The summed E-state index contributed by atoms with van der Waals surface area (Å²) in [5.41, 5.74) is 7.10. The van der Waals surface area contributed by atoms with Gasteiger partial charge in [-0.05, 0) is 37.4 Å². The van der Waals surface area contributed by atoms with Crippen LogP contribution in [0.2, 0.25) is 0 Å². The molecule has 0 radical (unpaired) electrons. The molecule has 1 atom stereocenters. The molecular weight excluding hydrogens is 246 g/mol. The van der Waals surface area contributed by atoms with Gasteiger partial charge in [-0.15, -0.1) is 0 Å². The predicted molar refractivity (Wildman–Crippen MR) is 85.6 cm³/mol. The highest BCUT2D eigenvalue weighted by molar-refractivity contribution is 5.14. The zero-order chi connectivity index (χ0) is 14.2. The molecule has 1 fully saturated rings. The van der Waals surface area contributed by atoms with Gasteiger partial charge in [-0.25, -0.2) is 0 Å². The molecule has 112 valence electrons. The van der Waals surface area contributed by atoms with Gasteiger partial charge in [-0.2, -0.15) is 0 Å². The molecule has 0 unspecified atom stereocenters. The maximum Gasteiger partial charge on any atom is 0.0233 e. The van der Waals surface area contributed by atoms with Crippen LogP contribution in [0.4, 0.5) is 0 Å². The number of benzene rings is 1. The van der Waals surface area contributed by atoms with Crippen LogP contribution in [0.25, 0.3) is 0 Å². The fourth-order valence-corrected chi connectivity index (χ4v) is 3.20.